The highest BCUT2D eigenvalue weighted by atomic mass is 32.2. The Morgan fingerprint density at radius 1 is 1.21 bits per heavy atom. The van der Waals surface area contributed by atoms with Crippen LogP contribution >= 0.6 is 0 Å². The molecule has 6 nitrogen and oxygen atoms in total. The monoisotopic (exact) mass is 359 g/mol. The quantitative estimate of drug-likeness (QED) is 0.538. The highest BCUT2D eigenvalue weighted by Gasteiger charge is 2.25. The van der Waals surface area contributed by atoms with Crippen LogP contribution in [0.4, 0.5) is 4.39 Å². The Labute approximate surface area is 141 Å². The van der Waals surface area contributed by atoms with Crippen LogP contribution in [0.1, 0.15) is 44.0 Å². The second-order valence-corrected chi connectivity index (χ2v) is 7.34. The number of hydrogen-bond donors (Lipinski definition) is 1. The fourth-order valence-corrected chi connectivity index (χ4v) is 3.31. The van der Waals surface area contributed by atoms with Crippen LogP contribution in [0, 0.1) is 5.82 Å². The van der Waals surface area contributed by atoms with Gasteiger partial charge in [0.15, 0.2) is 6.10 Å². The zero-order chi connectivity index (χ0) is 18.3. The van der Waals surface area contributed by atoms with E-state index >= 15 is 0 Å². The second-order valence-electron chi connectivity index (χ2n) is 5.46. The number of halogens is 1. The molecule has 1 aromatic carbocycles. The Morgan fingerprint density at radius 2 is 1.79 bits per heavy atom. The molecule has 0 saturated heterocycles. The first-order chi connectivity index (χ1) is 11.2. The number of unbranched alkanes of at least 4 members (excludes halogenated alkanes) is 1. The van der Waals surface area contributed by atoms with Crippen molar-refractivity contribution < 1.29 is 27.1 Å². The van der Waals surface area contributed by atoms with Crippen molar-refractivity contribution in [2.24, 2.45) is 0 Å². The van der Waals surface area contributed by atoms with E-state index in [4.69, 9.17) is 4.74 Å². The molecule has 0 heterocycles. The lowest BCUT2D eigenvalue weighted by atomic mass is 10.1. The van der Waals surface area contributed by atoms with Gasteiger partial charge in [-0.25, -0.2) is 17.5 Å². The van der Waals surface area contributed by atoms with Crippen LogP contribution in [-0.2, 0) is 19.6 Å². The number of ether oxygens (including phenoxy) is 1. The Hall–Kier alpha value is -1.80. The number of nitrogens with one attached hydrogen (secondary N) is 1. The number of benzene rings is 1. The maximum atomic E-state index is 12.9. The van der Waals surface area contributed by atoms with E-state index in [1.807, 2.05) is 6.92 Å². The first-order valence-corrected chi connectivity index (χ1v) is 9.31. The summed E-state index contributed by atoms with van der Waals surface area (Å²) in [5.41, 5.74) is 0.202. The molecule has 8 heteroatoms. The highest BCUT2D eigenvalue weighted by Crippen LogP contribution is 2.09. The van der Waals surface area contributed by atoms with Crippen molar-refractivity contribution in [3.8, 4) is 0 Å². The maximum Gasteiger partial charge on any atom is 0.324 e. The predicted molar refractivity (Wildman–Crippen MR) is 87.6 cm³/mol. The van der Waals surface area contributed by atoms with Crippen molar-refractivity contribution in [2.75, 3.05) is 5.75 Å². The summed E-state index contributed by atoms with van der Waals surface area (Å²) in [4.78, 5) is 24.0. The van der Waals surface area contributed by atoms with Gasteiger partial charge in [0.1, 0.15) is 11.9 Å². The molecular weight excluding hydrogens is 337 g/mol. The summed E-state index contributed by atoms with van der Waals surface area (Å²) in [6.45, 7) is 4.58. The fourth-order valence-electron chi connectivity index (χ4n) is 1.89. The molecule has 0 amide bonds. The highest BCUT2D eigenvalue weighted by molar-refractivity contribution is 7.89. The van der Waals surface area contributed by atoms with Gasteiger partial charge in [-0.3, -0.25) is 9.59 Å². The third kappa shape index (κ3) is 6.37. The van der Waals surface area contributed by atoms with Gasteiger partial charge in [-0.15, -0.1) is 0 Å². The number of esters is 1. The lowest BCUT2D eigenvalue weighted by molar-refractivity contribution is -0.147. The van der Waals surface area contributed by atoms with E-state index in [-0.39, 0.29) is 11.3 Å². The third-order valence-corrected chi connectivity index (χ3v) is 4.81. The largest absolute Gasteiger partial charge is 0.453 e. The van der Waals surface area contributed by atoms with Crippen molar-refractivity contribution >= 4 is 21.8 Å². The average molecular weight is 359 g/mol. The smallest absolute Gasteiger partial charge is 0.324 e. The maximum absolute atomic E-state index is 12.9. The molecule has 0 aliphatic carbocycles. The zero-order valence-electron chi connectivity index (χ0n) is 13.9. The van der Waals surface area contributed by atoms with Gasteiger partial charge in [0.05, 0.1) is 5.75 Å². The second kappa shape index (κ2) is 8.89. The van der Waals surface area contributed by atoms with E-state index in [9.17, 15) is 22.4 Å². The molecule has 0 aliphatic rings. The molecule has 1 N–H and O–H groups in total. The average Bonchev–Trinajstić information content (AvgIpc) is 2.52. The van der Waals surface area contributed by atoms with Crippen molar-refractivity contribution in [3.63, 3.8) is 0 Å². The molecule has 0 spiro atoms. The van der Waals surface area contributed by atoms with Crippen LogP contribution in [0.2, 0.25) is 0 Å². The van der Waals surface area contributed by atoms with E-state index in [0.29, 0.717) is 12.8 Å². The standard InChI is InChI=1S/C16H22FNO5S/c1-4-5-10-24(21,22)18-11(2)16(20)23-12(3)15(19)13-6-8-14(17)9-7-13/h6-9,11-12,18H,4-5,10H2,1-3H3/t11-,12-/m0/s1. The predicted octanol–water partition coefficient (Wildman–Crippen LogP) is 2.05. The van der Waals surface area contributed by atoms with Gasteiger partial charge in [-0.05, 0) is 44.5 Å². The zero-order valence-corrected chi connectivity index (χ0v) is 14.7. The van der Waals surface area contributed by atoms with Crippen molar-refractivity contribution in [3.05, 3.63) is 35.6 Å². The van der Waals surface area contributed by atoms with Gasteiger partial charge >= 0.3 is 5.97 Å². The van der Waals surface area contributed by atoms with Crippen LogP contribution in [0.3, 0.4) is 0 Å². The summed E-state index contributed by atoms with van der Waals surface area (Å²) in [5, 5.41) is 0. The summed E-state index contributed by atoms with van der Waals surface area (Å²) in [6.07, 6.45) is 0.0880. The molecule has 0 unspecified atom stereocenters. The Kier molecular flexibility index (Phi) is 7.50. The fraction of sp³-hybridized carbons (Fsp3) is 0.500. The lowest BCUT2D eigenvalue weighted by Crippen LogP contribution is -2.42. The van der Waals surface area contributed by atoms with Crippen LogP contribution in [0.15, 0.2) is 24.3 Å². The number of carbonyl (C=O) groups excluding carboxylic acids is 2. The van der Waals surface area contributed by atoms with Gasteiger partial charge in [-0.1, -0.05) is 13.3 Å². The molecule has 2 atom stereocenters. The third-order valence-electron chi connectivity index (χ3n) is 3.27. The molecule has 0 radical (unpaired) electrons. The Bertz CT molecular complexity index is 672. The molecular formula is C16H22FNO5S. The van der Waals surface area contributed by atoms with E-state index < -0.39 is 39.7 Å². The van der Waals surface area contributed by atoms with Gasteiger partial charge in [0, 0.05) is 5.56 Å². The molecule has 0 bridgehead atoms. The number of rotatable bonds is 9. The van der Waals surface area contributed by atoms with E-state index in [0.717, 1.165) is 12.1 Å². The first-order valence-electron chi connectivity index (χ1n) is 7.66. The number of hydrogen-bond acceptors (Lipinski definition) is 5. The summed E-state index contributed by atoms with van der Waals surface area (Å²) in [6, 6.07) is 3.74. The molecule has 1 rings (SSSR count). The van der Waals surface area contributed by atoms with Crippen LogP contribution in [0.5, 0.6) is 0 Å². The molecule has 0 aromatic heterocycles. The SMILES string of the molecule is CCCCS(=O)(=O)N[C@@H](C)C(=O)O[C@@H](C)C(=O)c1ccc(F)cc1. The minimum atomic E-state index is -3.58. The van der Waals surface area contributed by atoms with Crippen LogP contribution in [0.25, 0.3) is 0 Å². The van der Waals surface area contributed by atoms with Gasteiger partial charge in [0.2, 0.25) is 15.8 Å². The lowest BCUT2D eigenvalue weighted by Gasteiger charge is -2.17. The molecule has 0 saturated carbocycles. The minimum absolute atomic E-state index is 0.0782. The minimum Gasteiger partial charge on any atom is -0.453 e. The molecule has 1 aromatic rings. The van der Waals surface area contributed by atoms with Crippen molar-refractivity contribution in [1.29, 1.82) is 0 Å². The normalized spacial score (nSPS) is 14.0. The number of sulfonamides is 1. The summed E-state index contributed by atoms with van der Waals surface area (Å²) >= 11 is 0. The Balaban J connectivity index is 2.62. The molecule has 0 aliphatic heterocycles. The van der Waals surface area contributed by atoms with E-state index in [1.54, 1.807) is 0 Å². The topological polar surface area (TPSA) is 89.5 Å². The molecule has 0 fully saturated rings. The summed E-state index contributed by atoms with van der Waals surface area (Å²) in [5.74, 6) is -1.90. The van der Waals surface area contributed by atoms with Crippen molar-refractivity contribution in [2.45, 2.75) is 45.8 Å². The summed E-state index contributed by atoms with van der Waals surface area (Å²) < 4.78 is 43.6. The number of ketones is 1. The summed E-state index contributed by atoms with van der Waals surface area (Å²) in [7, 11) is -3.58. The van der Waals surface area contributed by atoms with Gasteiger partial charge in [-0.2, -0.15) is 0 Å². The Morgan fingerprint density at radius 3 is 2.33 bits per heavy atom. The van der Waals surface area contributed by atoms with Gasteiger partial charge < -0.3 is 4.74 Å². The number of carbonyl (C=O) groups is 2. The van der Waals surface area contributed by atoms with Crippen LogP contribution in [-0.4, -0.2) is 38.1 Å². The molecule has 134 valence electrons. The van der Waals surface area contributed by atoms with E-state index in [1.165, 1.54) is 26.0 Å². The van der Waals surface area contributed by atoms with Gasteiger partial charge in [0.25, 0.3) is 0 Å². The van der Waals surface area contributed by atoms with Crippen LogP contribution < -0.4 is 4.72 Å². The van der Waals surface area contributed by atoms with E-state index in [2.05, 4.69) is 4.72 Å². The first kappa shape index (κ1) is 20.2. The molecule has 24 heavy (non-hydrogen) atoms. The van der Waals surface area contributed by atoms with Crippen molar-refractivity contribution in [1.82, 2.24) is 4.72 Å². The number of Topliss-reactive ketones (excluding diaryl/α,β-unsaturated/α-hetero) is 1.